The van der Waals surface area contributed by atoms with Gasteiger partial charge in [-0.05, 0) is 36.4 Å². The van der Waals surface area contributed by atoms with Crippen molar-refractivity contribution in [1.82, 2.24) is 0 Å². The number of hydrogen-bond acceptors (Lipinski definition) is 9. The molecule has 0 aliphatic rings. The van der Waals surface area contributed by atoms with E-state index in [1.165, 1.54) is 23.5 Å². The Balaban J connectivity index is 2.30. The summed E-state index contributed by atoms with van der Waals surface area (Å²) in [6, 6.07) is 19.0. The largest absolute Gasteiger partial charge is 0.489 e. The van der Waals surface area contributed by atoms with Gasteiger partial charge in [0.15, 0.2) is 11.5 Å². The molecule has 2 N–H and O–H groups in total. The van der Waals surface area contributed by atoms with Crippen LogP contribution in [-0.4, -0.2) is 40.6 Å². The van der Waals surface area contributed by atoms with Gasteiger partial charge in [0.25, 0.3) is 0 Å². The number of anilines is 1. The molecule has 0 fully saturated rings. The molecule has 0 amide bonds. The quantitative estimate of drug-likeness (QED) is 0.217. The van der Waals surface area contributed by atoms with E-state index in [0.717, 1.165) is 9.79 Å². The topological polar surface area (TPSA) is 111 Å². The molecule has 0 bridgehead atoms. The van der Waals surface area contributed by atoms with Crippen LogP contribution in [0.3, 0.4) is 0 Å². The van der Waals surface area contributed by atoms with E-state index in [2.05, 4.69) is 12.1 Å². The maximum atomic E-state index is 10.1. The van der Waals surface area contributed by atoms with Crippen molar-refractivity contribution in [1.29, 1.82) is 10.5 Å². The summed E-state index contributed by atoms with van der Waals surface area (Å²) in [5, 5.41) is 20.8. The van der Waals surface area contributed by atoms with Crippen molar-refractivity contribution in [2.24, 2.45) is 0 Å². The third kappa shape index (κ3) is 6.79. The van der Waals surface area contributed by atoms with Crippen molar-refractivity contribution in [2.75, 3.05) is 46.4 Å². The Bertz CT molecular complexity index is 1270. The summed E-state index contributed by atoms with van der Waals surface area (Å²) in [4.78, 5) is 2.84. The molecule has 0 aromatic heterocycles. The molecule has 0 aliphatic carbocycles. The summed E-state index contributed by atoms with van der Waals surface area (Å²) in [5.41, 5.74) is 6.99. The molecular formula is C26H24ClN3O4S2. The number of halogens is 1. The number of nitrogen functional groups attached to an aromatic ring is 1. The molecule has 0 saturated heterocycles. The molecule has 0 radical (unpaired) electrons. The van der Waals surface area contributed by atoms with Crippen molar-refractivity contribution >= 4 is 40.8 Å². The van der Waals surface area contributed by atoms with Crippen molar-refractivity contribution in [2.45, 2.75) is 19.6 Å². The smallest absolute Gasteiger partial charge is 0.153 e. The molecule has 186 valence electrons. The van der Waals surface area contributed by atoms with E-state index in [1.54, 1.807) is 32.4 Å². The maximum Gasteiger partial charge on any atom is 0.153 e. The average molecular weight is 542 g/mol. The molecule has 36 heavy (non-hydrogen) atoms. The first-order valence-electron chi connectivity index (χ1n) is 10.8. The highest BCUT2D eigenvalue weighted by Gasteiger charge is 2.28. The van der Waals surface area contributed by atoms with Crippen molar-refractivity contribution < 1.29 is 18.9 Å². The summed E-state index contributed by atoms with van der Waals surface area (Å²) in [6.07, 6.45) is 0. The molecule has 0 spiro atoms. The minimum atomic E-state index is 0.0819. The van der Waals surface area contributed by atoms with Gasteiger partial charge >= 0.3 is 0 Å². The molecule has 0 unspecified atom stereocenters. The minimum Gasteiger partial charge on any atom is -0.489 e. The third-order valence-electron chi connectivity index (χ3n) is 4.78. The molecule has 3 rings (SSSR count). The zero-order valence-corrected chi connectivity index (χ0v) is 22.1. The van der Waals surface area contributed by atoms with Gasteiger partial charge in [-0.1, -0.05) is 47.3 Å². The average Bonchev–Trinajstić information content (AvgIpc) is 2.88. The van der Waals surface area contributed by atoms with E-state index in [0.29, 0.717) is 33.7 Å². The van der Waals surface area contributed by atoms with Gasteiger partial charge in [-0.25, -0.2) is 0 Å². The zero-order valence-electron chi connectivity index (χ0n) is 19.7. The maximum absolute atomic E-state index is 10.1. The number of nitriles is 2. The summed E-state index contributed by atoms with van der Waals surface area (Å²) in [5.74, 6) is 0.553. The minimum absolute atomic E-state index is 0.0819. The molecule has 3 aromatic carbocycles. The van der Waals surface area contributed by atoms with Crippen molar-refractivity contribution in [3.05, 3.63) is 64.7 Å². The lowest BCUT2D eigenvalue weighted by atomic mass is 10.1. The van der Waals surface area contributed by atoms with Gasteiger partial charge in [0.05, 0.1) is 23.0 Å². The van der Waals surface area contributed by atoms with Crippen LogP contribution < -0.4 is 15.2 Å². The van der Waals surface area contributed by atoms with Gasteiger partial charge < -0.3 is 24.7 Å². The standard InChI is InChI=1S/C26H24ClN3O4S2/c1-31-11-13-33-23-19(15-28)20(16-29)24(34-14-12-32-2)26(36-22-6-4-3-5-21(22)30)25(23)35-18-9-7-17(27)8-10-18/h3-10H,11-14,30H2,1-2H3. The fourth-order valence-electron chi connectivity index (χ4n) is 3.09. The van der Waals surface area contributed by atoms with Crippen molar-refractivity contribution in [3.8, 4) is 23.6 Å². The van der Waals surface area contributed by atoms with Crippen LogP contribution in [0.2, 0.25) is 5.02 Å². The lowest BCUT2D eigenvalue weighted by Crippen LogP contribution is -2.11. The third-order valence-corrected chi connectivity index (χ3v) is 7.45. The van der Waals surface area contributed by atoms with Gasteiger partial charge in [-0.3, -0.25) is 0 Å². The SMILES string of the molecule is COCCOc1c(C#N)c(C#N)c(OCCOC)c(Sc2ccccc2N)c1Sc1ccc(Cl)cc1. The Kier molecular flexibility index (Phi) is 10.6. The van der Waals surface area contributed by atoms with E-state index >= 15 is 0 Å². The van der Waals surface area contributed by atoms with Crippen LogP contribution in [0.4, 0.5) is 5.69 Å². The van der Waals surface area contributed by atoms with Gasteiger partial charge in [0.2, 0.25) is 0 Å². The molecule has 0 saturated carbocycles. The number of benzene rings is 3. The molecular weight excluding hydrogens is 518 g/mol. The fraction of sp³-hybridized carbons (Fsp3) is 0.231. The number of nitrogens with two attached hydrogens (primary N) is 1. The first-order chi connectivity index (χ1) is 17.5. The van der Waals surface area contributed by atoms with Crippen LogP contribution in [0.25, 0.3) is 0 Å². The van der Waals surface area contributed by atoms with E-state index < -0.39 is 0 Å². The van der Waals surface area contributed by atoms with E-state index in [9.17, 15) is 10.5 Å². The highest BCUT2D eigenvalue weighted by Crippen LogP contribution is 2.52. The second-order valence-electron chi connectivity index (χ2n) is 7.17. The van der Waals surface area contributed by atoms with Crippen LogP contribution in [0, 0.1) is 22.7 Å². The Morgan fingerprint density at radius 1 is 0.778 bits per heavy atom. The van der Waals surface area contributed by atoms with Crippen molar-refractivity contribution in [3.63, 3.8) is 0 Å². The second-order valence-corrected chi connectivity index (χ2v) is 9.74. The number of nitrogens with zero attached hydrogens (tertiary/aromatic N) is 2. The lowest BCUT2D eigenvalue weighted by Gasteiger charge is -2.22. The molecule has 7 nitrogen and oxygen atoms in total. The van der Waals surface area contributed by atoms with Gasteiger partial charge in [0, 0.05) is 34.7 Å². The molecule has 10 heteroatoms. The van der Waals surface area contributed by atoms with Crippen LogP contribution in [0.15, 0.2) is 68.1 Å². The summed E-state index contributed by atoms with van der Waals surface area (Å²) in [7, 11) is 3.12. The number of methoxy groups -OCH3 is 2. The van der Waals surface area contributed by atoms with E-state index in [-0.39, 0.29) is 35.8 Å². The van der Waals surface area contributed by atoms with Gasteiger partial charge in [0.1, 0.15) is 36.5 Å². The number of rotatable bonds is 12. The Labute approximate surface area is 224 Å². The summed E-state index contributed by atoms with van der Waals surface area (Å²) < 4.78 is 22.4. The van der Waals surface area contributed by atoms with Crippen LogP contribution >= 0.6 is 35.1 Å². The number of ether oxygens (including phenoxy) is 4. The predicted octanol–water partition coefficient (Wildman–Crippen LogP) is 6.02. The lowest BCUT2D eigenvalue weighted by molar-refractivity contribution is 0.141. The normalized spacial score (nSPS) is 10.5. The predicted molar refractivity (Wildman–Crippen MR) is 141 cm³/mol. The number of hydrogen-bond donors (Lipinski definition) is 1. The molecule has 0 heterocycles. The fourth-order valence-corrected chi connectivity index (χ4v) is 5.41. The van der Waals surface area contributed by atoms with Crippen LogP contribution in [0.1, 0.15) is 11.1 Å². The van der Waals surface area contributed by atoms with E-state index in [4.69, 9.17) is 36.3 Å². The first kappa shape index (κ1) is 27.5. The van der Waals surface area contributed by atoms with Crippen LogP contribution in [-0.2, 0) is 9.47 Å². The monoisotopic (exact) mass is 541 g/mol. The van der Waals surface area contributed by atoms with Gasteiger partial charge in [-0.2, -0.15) is 10.5 Å². The summed E-state index contributed by atoms with van der Waals surface area (Å²) in [6.45, 7) is 0.975. The Morgan fingerprint density at radius 3 is 1.81 bits per heavy atom. The van der Waals surface area contributed by atoms with Crippen LogP contribution in [0.5, 0.6) is 11.5 Å². The van der Waals surface area contributed by atoms with E-state index in [1.807, 2.05) is 30.3 Å². The second kappa shape index (κ2) is 13.9. The highest BCUT2D eigenvalue weighted by molar-refractivity contribution is 8.02. The first-order valence-corrected chi connectivity index (χ1v) is 12.8. The van der Waals surface area contributed by atoms with Gasteiger partial charge in [-0.15, -0.1) is 0 Å². The Hall–Kier alpha value is -3.05. The Morgan fingerprint density at radius 2 is 1.31 bits per heavy atom. The molecule has 0 atom stereocenters. The zero-order chi connectivity index (χ0) is 25.9. The molecule has 3 aromatic rings. The number of para-hydroxylation sites is 1. The summed E-state index contributed by atoms with van der Waals surface area (Å²) >= 11 is 8.81. The molecule has 0 aliphatic heterocycles. The highest BCUT2D eigenvalue weighted by atomic mass is 35.5.